The highest BCUT2D eigenvalue weighted by molar-refractivity contribution is 5.98. The lowest BCUT2D eigenvalue weighted by Crippen LogP contribution is -2.26. The first-order valence-corrected chi connectivity index (χ1v) is 8.55. The van der Waals surface area contributed by atoms with Crippen LogP contribution in [-0.4, -0.2) is 22.7 Å². The van der Waals surface area contributed by atoms with Gasteiger partial charge in [0.15, 0.2) is 11.3 Å². The zero-order valence-corrected chi connectivity index (χ0v) is 14.6. The SMILES string of the molecule is CCOc1cccc2cc([C@H](C)NC(=O)c3ccc4cn[nH]c4c3)oc12. The lowest BCUT2D eigenvalue weighted by atomic mass is 10.1. The van der Waals surface area contributed by atoms with E-state index in [2.05, 4.69) is 15.5 Å². The van der Waals surface area contributed by atoms with Crippen molar-refractivity contribution in [3.05, 3.63) is 60.0 Å². The van der Waals surface area contributed by atoms with Gasteiger partial charge in [0.2, 0.25) is 0 Å². The second-order valence-corrected chi connectivity index (χ2v) is 6.12. The number of nitrogens with zero attached hydrogens (tertiary/aromatic N) is 1. The maximum atomic E-state index is 12.6. The Bertz CT molecular complexity index is 1080. The number of carbonyl (C=O) groups excluding carboxylic acids is 1. The van der Waals surface area contributed by atoms with Gasteiger partial charge in [0.05, 0.1) is 24.4 Å². The predicted octanol–water partition coefficient (Wildman–Crippen LogP) is 4.20. The van der Waals surface area contributed by atoms with E-state index >= 15 is 0 Å². The van der Waals surface area contributed by atoms with E-state index in [-0.39, 0.29) is 11.9 Å². The van der Waals surface area contributed by atoms with Crippen molar-refractivity contribution in [1.29, 1.82) is 0 Å². The molecule has 0 fully saturated rings. The third kappa shape index (κ3) is 2.90. The van der Waals surface area contributed by atoms with Crippen molar-refractivity contribution in [2.45, 2.75) is 19.9 Å². The standard InChI is InChI=1S/C20H19N3O3/c1-3-25-17-6-4-5-13-10-18(26-19(13)17)12(2)22-20(24)14-7-8-15-11-21-23-16(15)9-14/h4-12H,3H2,1-2H3,(H,21,23)(H,22,24)/t12-/m0/s1. The Labute approximate surface area is 150 Å². The van der Waals surface area contributed by atoms with Crippen molar-refractivity contribution in [1.82, 2.24) is 15.5 Å². The molecule has 0 aliphatic carbocycles. The Hall–Kier alpha value is -3.28. The highest BCUT2D eigenvalue weighted by atomic mass is 16.5. The maximum Gasteiger partial charge on any atom is 0.251 e. The van der Waals surface area contributed by atoms with Crippen LogP contribution in [-0.2, 0) is 0 Å². The molecule has 0 saturated carbocycles. The quantitative estimate of drug-likeness (QED) is 0.566. The van der Waals surface area contributed by atoms with Crippen LogP contribution < -0.4 is 10.1 Å². The fraction of sp³-hybridized carbons (Fsp3) is 0.200. The minimum atomic E-state index is -0.276. The number of benzene rings is 2. The van der Waals surface area contributed by atoms with Gasteiger partial charge >= 0.3 is 0 Å². The van der Waals surface area contributed by atoms with E-state index < -0.39 is 0 Å². The largest absolute Gasteiger partial charge is 0.490 e. The Morgan fingerprint density at radius 3 is 3.00 bits per heavy atom. The molecule has 2 N–H and O–H groups in total. The maximum absolute atomic E-state index is 12.6. The summed E-state index contributed by atoms with van der Waals surface area (Å²) in [6.45, 7) is 4.39. The van der Waals surface area contributed by atoms with Crippen molar-refractivity contribution in [2.24, 2.45) is 0 Å². The van der Waals surface area contributed by atoms with Gasteiger partial charge in [0, 0.05) is 16.3 Å². The van der Waals surface area contributed by atoms with Crippen molar-refractivity contribution < 1.29 is 13.9 Å². The molecule has 6 heteroatoms. The third-order valence-corrected chi connectivity index (χ3v) is 4.31. The normalized spacial score (nSPS) is 12.4. The summed E-state index contributed by atoms with van der Waals surface area (Å²) in [4.78, 5) is 12.6. The molecule has 1 atom stereocenters. The molecular weight excluding hydrogens is 330 g/mol. The van der Waals surface area contributed by atoms with Gasteiger partial charge in [0.25, 0.3) is 5.91 Å². The van der Waals surface area contributed by atoms with E-state index in [9.17, 15) is 4.79 Å². The zero-order chi connectivity index (χ0) is 18.1. The highest BCUT2D eigenvalue weighted by Gasteiger charge is 2.17. The molecule has 0 saturated heterocycles. The van der Waals surface area contributed by atoms with Gasteiger partial charge in [-0.3, -0.25) is 9.89 Å². The number of rotatable bonds is 5. The fourth-order valence-corrected chi connectivity index (χ4v) is 2.97. The number of hydrogen-bond acceptors (Lipinski definition) is 4. The second kappa shape index (κ2) is 6.55. The summed E-state index contributed by atoms with van der Waals surface area (Å²) in [5.41, 5.74) is 2.10. The lowest BCUT2D eigenvalue weighted by molar-refractivity contribution is 0.0936. The van der Waals surface area contributed by atoms with Crippen LogP contribution in [0.3, 0.4) is 0 Å². The number of H-pyrrole nitrogens is 1. The molecule has 2 heterocycles. The first-order chi connectivity index (χ1) is 12.7. The summed E-state index contributed by atoms with van der Waals surface area (Å²) >= 11 is 0. The number of hydrogen-bond donors (Lipinski definition) is 2. The summed E-state index contributed by atoms with van der Waals surface area (Å²) in [5, 5.41) is 11.7. The molecule has 4 aromatic rings. The molecule has 0 bridgehead atoms. The molecule has 1 amide bonds. The van der Waals surface area contributed by atoms with Crippen molar-refractivity contribution >= 4 is 27.8 Å². The monoisotopic (exact) mass is 349 g/mol. The van der Waals surface area contributed by atoms with Gasteiger partial charge in [-0.1, -0.05) is 18.2 Å². The first-order valence-electron chi connectivity index (χ1n) is 8.55. The molecule has 4 rings (SSSR count). The van der Waals surface area contributed by atoms with Gasteiger partial charge < -0.3 is 14.5 Å². The molecule has 0 aliphatic heterocycles. The summed E-state index contributed by atoms with van der Waals surface area (Å²) in [6, 6.07) is 12.9. The Morgan fingerprint density at radius 2 is 2.15 bits per heavy atom. The smallest absolute Gasteiger partial charge is 0.251 e. The Morgan fingerprint density at radius 1 is 1.27 bits per heavy atom. The van der Waals surface area contributed by atoms with E-state index in [1.54, 1.807) is 18.3 Å². The molecule has 26 heavy (non-hydrogen) atoms. The van der Waals surface area contributed by atoms with Crippen LogP contribution in [0.1, 0.15) is 36.0 Å². The number of amides is 1. The van der Waals surface area contributed by atoms with Crippen molar-refractivity contribution in [2.75, 3.05) is 6.61 Å². The molecule has 0 radical (unpaired) electrons. The summed E-state index contributed by atoms with van der Waals surface area (Å²) < 4.78 is 11.6. The number of carbonyl (C=O) groups is 1. The fourth-order valence-electron chi connectivity index (χ4n) is 2.97. The first kappa shape index (κ1) is 16.2. The van der Waals surface area contributed by atoms with Gasteiger partial charge in [0.1, 0.15) is 5.76 Å². The van der Waals surface area contributed by atoms with Gasteiger partial charge in [-0.05, 0) is 38.1 Å². The number of aromatic nitrogens is 2. The molecule has 6 nitrogen and oxygen atoms in total. The topological polar surface area (TPSA) is 80.1 Å². The van der Waals surface area contributed by atoms with Crippen molar-refractivity contribution in [3.63, 3.8) is 0 Å². The third-order valence-electron chi connectivity index (χ3n) is 4.31. The number of para-hydroxylation sites is 1. The number of fused-ring (bicyclic) bond motifs is 2. The minimum Gasteiger partial charge on any atom is -0.490 e. The Kier molecular flexibility index (Phi) is 4.08. The van der Waals surface area contributed by atoms with E-state index in [1.807, 2.05) is 44.2 Å². The van der Waals surface area contributed by atoms with Gasteiger partial charge in [-0.15, -0.1) is 0 Å². The Balaban J connectivity index is 1.57. The van der Waals surface area contributed by atoms with Crippen molar-refractivity contribution in [3.8, 4) is 5.75 Å². The van der Waals surface area contributed by atoms with E-state index in [4.69, 9.17) is 9.15 Å². The lowest BCUT2D eigenvalue weighted by Gasteiger charge is -2.11. The van der Waals surface area contributed by atoms with E-state index in [0.29, 0.717) is 29.3 Å². The minimum absolute atomic E-state index is 0.167. The molecule has 0 unspecified atom stereocenters. The summed E-state index contributed by atoms with van der Waals surface area (Å²) in [6.07, 6.45) is 1.73. The highest BCUT2D eigenvalue weighted by Crippen LogP contribution is 2.31. The summed E-state index contributed by atoms with van der Waals surface area (Å²) in [5.74, 6) is 1.22. The average Bonchev–Trinajstić information content (AvgIpc) is 3.28. The predicted molar refractivity (Wildman–Crippen MR) is 99.4 cm³/mol. The zero-order valence-electron chi connectivity index (χ0n) is 14.6. The van der Waals surface area contributed by atoms with Crippen LogP contribution in [0.15, 0.2) is 53.1 Å². The van der Waals surface area contributed by atoms with Gasteiger partial charge in [-0.2, -0.15) is 5.10 Å². The number of aromatic amines is 1. The molecule has 0 aliphatic rings. The van der Waals surface area contributed by atoms with Crippen LogP contribution in [0.25, 0.3) is 21.9 Å². The van der Waals surface area contributed by atoms with Gasteiger partial charge in [-0.25, -0.2) is 0 Å². The molecule has 0 spiro atoms. The van der Waals surface area contributed by atoms with E-state index in [1.165, 1.54) is 0 Å². The van der Waals surface area contributed by atoms with Crippen LogP contribution in [0.4, 0.5) is 0 Å². The molecule has 2 aromatic carbocycles. The van der Waals surface area contributed by atoms with Crippen LogP contribution in [0.2, 0.25) is 0 Å². The molecule has 2 aromatic heterocycles. The number of furan rings is 1. The molecular formula is C20H19N3O3. The van der Waals surface area contributed by atoms with Crippen LogP contribution in [0.5, 0.6) is 5.75 Å². The molecule has 132 valence electrons. The number of nitrogens with one attached hydrogen (secondary N) is 2. The van der Waals surface area contributed by atoms with Crippen LogP contribution in [0, 0.1) is 0 Å². The average molecular weight is 349 g/mol. The van der Waals surface area contributed by atoms with Crippen LogP contribution >= 0.6 is 0 Å². The van der Waals surface area contributed by atoms with E-state index in [0.717, 1.165) is 16.3 Å². The number of ether oxygens (including phenoxy) is 1. The summed E-state index contributed by atoms with van der Waals surface area (Å²) in [7, 11) is 0. The second-order valence-electron chi connectivity index (χ2n) is 6.12.